The molecule has 0 radical (unpaired) electrons. The molecule has 1 aromatic rings. The van der Waals surface area contributed by atoms with Crippen LogP contribution in [-0.4, -0.2) is 30.7 Å². The zero-order valence-corrected chi connectivity index (χ0v) is 18.8. The molecule has 0 spiro atoms. The Morgan fingerprint density at radius 3 is 2.13 bits per heavy atom. The minimum Gasteiger partial charge on any atom is -0.396 e. The van der Waals surface area contributed by atoms with Crippen molar-refractivity contribution in [2.75, 3.05) is 20.7 Å². The van der Waals surface area contributed by atoms with E-state index in [1.54, 1.807) is 0 Å². The molecule has 0 bridgehead atoms. The molecule has 1 aromatic carbocycles. The molecular formula is C20H30HfNO-. The van der Waals surface area contributed by atoms with Crippen LogP contribution in [0.1, 0.15) is 38.3 Å². The molecule has 1 N–H and O–H groups in total. The quantitative estimate of drug-likeness (QED) is 0.522. The van der Waals surface area contributed by atoms with Crippen LogP contribution in [0.25, 0.3) is 0 Å². The van der Waals surface area contributed by atoms with Gasteiger partial charge < -0.3 is 10.0 Å². The maximum atomic E-state index is 8.86. The average molecular weight is 479 g/mol. The SMILES string of the molecule is CC(C)(C)C1=[C-]CC=C1.CN(C)Cc1ccccc1CCO.[Hf]. The van der Waals surface area contributed by atoms with Crippen LogP contribution in [0, 0.1) is 11.5 Å². The molecule has 126 valence electrons. The molecule has 0 aromatic heterocycles. The van der Waals surface area contributed by atoms with E-state index >= 15 is 0 Å². The van der Waals surface area contributed by atoms with Gasteiger partial charge in [0.15, 0.2) is 0 Å². The summed E-state index contributed by atoms with van der Waals surface area (Å²) in [6.07, 6.45) is 9.38. The third-order valence-electron chi connectivity index (χ3n) is 3.49. The molecule has 0 unspecified atom stereocenters. The van der Waals surface area contributed by atoms with Crippen LogP contribution in [0.2, 0.25) is 0 Å². The third kappa shape index (κ3) is 8.78. The van der Waals surface area contributed by atoms with E-state index in [0.717, 1.165) is 19.4 Å². The van der Waals surface area contributed by atoms with E-state index in [9.17, 15) is 0 Å². The fourth-order valence-corrected chi connectivity index (χ4v) is 2.34. The fourth-order valence-electron chi connectivity index (χ4n) is 2.34. The third-order valence-corrected chi connectivity index (χ3v) is 3.49. The van der Waals surface area contributed by atoms with Crippen molar-refractivity contribution in [3.8, 4) is 0 Å². The first-order valence-electron chi connectivity index (χ1n) is 7.95. The Labute approximate surface area is 161 Å². The average Bonchev–Trinajstić information content (AvgIpc) is 2.95. The molecule has 0 saturated carbocycles. The van der Waals surface area contributed by atoms with Crippen molar-refractivity contribution in [2.45, 2.75) is 40.2 Å². The van der Waals surface area contributed by atoms with Gasteiger partial charge in [-0.05, 0) is 37.1 Å². The van der Waals surface area contributed by atoms with E-state index in [-0.39, 0.29) is 32.5 Å². The van der Waals surface area contributed by atoms with E-state index in [4.69, 9.17) is 5.11 Å². The predicted molar refractivity (Wildman–Crippen MR) is 94.6 cm³/mol. The maximum Gasteiger partial charge on any atom is 0.0471 e. The van der Waals surface area contributed by atoms with Crippen molar-refractivity contribution in [2.24, 2.45) is 5.41 Å². The number of hydrogen-bond acceptors (Lipinski definition) is 2. The zero-order valence-electron chi connectivity index (χ0n) is 15.2. The van der Waals surface area contributed by atoms with Gasteiger partial charge in [-0.25, -0.2) is 11.6 Å². The van der Waals surface area contributed by atoms with Crippen molar-refractivity contribution in [1.82, 2.24) is 4.90 Å². The van der Waals surface area contributed by atoms with Gasteiger partial charge in [-0.2, -0.15) is 6.08 Å². The van der Waals surface area contributed by atoms with Crippen LogP contribution >= 0.6 is 0 Å². The van der Waals surface area contributed by atoms with E-state index in [1.807, 2.05) is 12.1 Å². The number of nitrogens with zero attached hydrogens (tertiary/aromatic N) is 1. The largest absolute Gasteiger partial charge is 0.396 e. The summed E-state index contributed by atoms with van der Waals surface area (Å²) in [7, 11) is 4.10. The number of aliphatic hydroxyl groups excluding tert-OH is 1. The molecule has 23 heavy (non-hydrogen) atoms. The topological polar surface area (TPSA) is 23.5 Å². The normalized spacial score (nSPS) is 13.3. The Hall–Kier alpha value is -0.510. The molecule has 0 fully saturated rings. The molecule has 2 nitrogen and oxygen atoms in total. The maximum absolute atomic E-state index is 8.86. The van der Waals surface area contributed by atoms with Crippen LogP contribution in [0.15, 0.2) is 42.0 Å². The Bertz CT molecular complexity index is 513. The van der Waals surface area contributed by atoms with Gasteiger partial charge in [-0.1, -0.05) is 45.0 Å². The molecule has 1 aliphatic rings. The van der Waals surface area contributed by atoms with E-state index in [1.165, 1.54) is 16.7 Å². The molecular weight excluding hydrogens is 449 g/mol. The minimum absolute atomic E-state index is 0. The van der Waals surface area contributed by atoms with Crippen molar-refractivity contribution in [3.63, 3.8) is 0 Å². The van der Waals surface area contributed by atoms with Crippen LogP contribution in [0.3, 0.4) is 0 Å². The van der Waals surface area contributed by atoms with Crippen LogP contribution in [-0.2, 0) is 38.8 Å². The van der Waals surface area contributed by atoms with E-state index < -0.39 is 0 Å². The first-order valence-corrected chi connectivity index (χ1v) is 7.95. The van der Waals surface area contributed by atoms with Crippen molar-refractivity contribution in [1.29, 1.82) is 0 Å². The van der Waals surface area contributed by atoms with E-state index in [2.05, 4.69) is 70.1 Å². The van der Waals surface area contributed by atoms with Crippen molar-refractivity contribution in [3.05, 3.63) is 59.2 Å². The number of aliphatic hydroxyl groups is 1. The number of benzene rings is 1. The zero-order chi connectivity index (χ0) is 16.6. The summed E-state index contributed by atoms with van der Waals surface area (Å²) < 4.78 is 0. The predicted octanol–water partition coefficient (Wildman–Crippen LogP) is 4.00. The standard InChI is InChI=1S/C11H17NO.C9H13.Hf/c1-12(2)9-11-6-4-3-5-10(11)7-8-13;1-9(2,3)8-6-4-5-7-8;/h3-6,13H,7-9H2,1-2H3;4,6H,5H2,1-3H3;/q;-1;. The van der Waals surface area contributed by atoms with Crippen molar-refractivity contribution >= 4 is 0 Å². The van der Waals surface area contributed by atoms with Gasteiger partial charge in [0.1, 0.15) is 0 Å². The first-order chi connectivity index (χ1) is 10.3. The summed E-state index contributed by atoms with van der Waals surface area (Å²) in [5, 5.41) is 8.86. The Kier molecular flexibility index (Phi) is 10.9. The summed E-state index contributed by atoms with van der Waals surface area (Å²) in [6, 6.07) is 8.25. The Morgan fingerprint density at radius 2 is 1.74 bits per heavy atom. The van der Waals surface area contributed by atoms with Crippen LogP contribution in [0.4, 0.5) is 0 Å². The van der Waals surface area contributed by atoms with Gasteiger partial charge in [0.05, 0.1) is 0 Å². The summed E-state index contributed by atoms with van der Waals surface area (Å²) in [6.45, 7) is 7.81. The number of rotatable bonds is 4. The van der Waals surface area contributed by atoms with Crippen molar-refractivity contribution < 1.29 is 30.9 Å². The molecule has 3 heteroatoms. The molecule has 1 aliphatic carbocycles. The van der Waals surface area contributed by atoms with Gasteiger partial charge in [0, 0.05) is 39.0 Å². The second-order valence-corrected chi connectivity index (χ2v) is 6.93. The smallest absolute Gasteiger partial charge is 0.0471 e. The van der Waals surface area contributed by atoms with Crippen LogP contribution < -0.4 is 0 Å². The minimum atomic E-state index is 0. The Balaban J connectivity index is 0.000000427. The molecule has 0 saturated heterocycles. The van der Waals surface area contributed by atoms with Gasteiger partial charge in [-0.3, -0.25) is 6.08 Å². The molecule has 0 aliphatic heterocycles. The summed E-state index contributed by atoms with van der Waals surface area (Å²) in [4.78, 5) is 2.14. The summed E-state index contributed by atoms with van der Waals surface area (Å²) >= 11 is 0. The monoisotopic (exact) mass is 480 g/mol. The second kappa shape index (κ2) is 11.1. The van der Waals surface area contributed by atoms with Gasteiger partial charge in [0.25, 0.3) is 0 Å². The van der Waals surface area contributed by atoms with Gasteiger partial charge >= 0.3 is 0 Å². The second-order valence-electron chi connectivity index (χ2n) is 6.93. The van der Waals surface area contributed by atoms with Gasteiger partial charge in [-0.15, -0.1) is 6.42 Å². The molecule has 0 amide bonds. The van der Waals surface area contributed by atoms with Gasteiger partial charge in [0.2, 0.25) is 0 Å². The molecule has 2 rings (SSSR count). The summed E-state index contributed by atoms with van der Waals surface area (Å²) in [5.74, 6) is 0. The first kappa shape index (κ1) is 22.5. The molecule has 0 atom stereocenters. The fraction of sp³-hybridized carbons (Fsp3) is 0.500. The molecule has 0 heterocycles. The summed E-state index contributed by atoms with van der Waals surface area (Å²) in [5.41, 5.74) is 4.20. The van der Waals surface area contributed by atoms with Crippen LogP contribution in [0.5, 0.6) is 0 Å². The Morgan fingerprint density at radius 1 is 1.13 bits per heavy atom. The number of hydrogen-bond donors (Lipinski definition) is 1. The van der Waals surface area contributed by atoms with E-state index in [0.29, 0.717) is 5.41 Å². The number of allylic oxidation sites excluding steroid dienone is 4.